The predicted molar refractivity (Wildman–Crippen MR) is 48.9 cm³/mol. The maximum Gasteiger partial charge on any atom is 0.0345 e. The minimum Gasteiger partial charge on any atom is -0.310 e. The van der Waals surface area contributed by atoms with Gasteiger partial charge in [0.15, 0.2) is 0 Å². The first kappa shape index (κ1) is 8.47. The highest BCUT2D eigenvalue weighted by molar-refractivity contribution is 5.64. The Morgan fingerprint density at radius 1 is 1.45 bits per heavy atom. The Morgan fingerprint density at radius 2 is 2.27 bits per heavy atom. The largest absolute Gasteiger partial charge is 0.310 e. The molecule has 11 heavy (non-hydrogen) atoms. The van der Waals surface area contributed by atoms with Crippen LogP contribution >= 0.6 is 0 Å². The quantitative estimate of drug-likeness (QED) is 0.652. The number of aliphatic imine (C=N–C) groups is 1. The van der Waals surface area contributed by atoms with Crippen LogP contribution < -0.4 is 5.32 Å². The summed E-state index contributed by atoms with van der Waals surface area (Å²) >= 11 is 0. The van der Waals surface area contributed by atoms with E-state index in [0.717, 1.165) is 13.0 Å². The van der Waals surface area contributed by atoms with Crippen molar-refractivity contribution in [2.24, 2.45) is 10.9 Å². The summed E-state index contributed by atoms with van der Waals surface area (Å²) in [5, 5.41) is 3.41. The predicted octanol–water partition coefficient (Wildman–Crippen LogP) is 1.59. The van der Waals surface area contributed by atoms with Crippen molar-refractivity contribution in [3.8, 4) is 0 Å². The molecule has 2 atom stereocenters. The molecule has 0 aromatic heterocycles. The SMILES string of the molecule is CCNC1C=CN=CC1CC. The van der Waals surface area contributed by atoms with E-state index in [1.807, 2.05) is 12.4 Å². The molecule has 0 saturated heterocycles. The van der Waals surface area contributed by atoms with Crippen LogP contribution in [-0.4, -0.2) is 18.8 Å². The van der Waals surface area contributed by atoms with Crippen LogP contribution in [0.2, 0.25) is 0 Å². The van der Waals surface area contributed by atoms with Crippen molar-refractivity contribution in [2.75, 3.05) is 6.54 Å². The maximum absolute atomic E-state index is 4.12. The van der Waals surface area contributed by atoms with Gasteiger partial charge in [-0.3, -0.25) is 4.99 Å². The van der Waals surface area contributed by atoms with Crippen LogP contribution in [0, 0.1) is 5.92 Å². The zero-order chi connectivity index (χ0) is 8.10. The van der Waals surface area contributed by atoms with Gasteiger partial charge in [-0.1, -0.05) is 13.8 Å². The van der Waals surface area contributed by atoms with E-state index in [4.69, 9.17) is 0 Å². The molecule has 62 valence electrons. The summed E-state index contributed by atoms with van der Waals surface area (Å²) in [5.74, 6) is 0.583. The molecule has 2 nitrogen and oxygen atoms in total. The average molecular weight is 152 g/mol. The highest BCUT2D eigenvalue weighted by Gasteiger charge is 2.15. The standard InChI is InChI=1S/C9H16N2/c1-3-8-7-10-6-5-9(8)11-4-2/h5-9,11H,3-4H2,1-2H3. The molecule has 0 bridgehead atoms. The van der Waals surface area contributed by atoms with Crippen LogP contribution in [0.3, 0.4) is 0 Å². The molecule has 0 radical (unpaired) electrons. The van der Waals surface area contributed by atoms with Crippen molar-refractivity contribution < 1.29 is 0 Å². The molecule has 0 amide bonds. The van der Waals surface area contributed by atoms with Crippen LogP contribution in [0.15, 0.2) is 17.3 Å². The van der Waals surface area contributed by atoms with Gasteiger partial charge in [-0.2, -0.15) is 0 Å². The van der Waals surface area contributed by atoms with Crippen LogP contribution in [0.4, 0.5) is 0 Å². The Morgan fingerprint density at radius 3 is 2.91 bits per heavy atom. The summed E-state index contributed by atoms with van der Waals surface area (Å²) < 4.78 is 0. The summed E-state index contributed by atoms with van der Waals surface area (Å²) in [6.07, 6.45) is 7.20. The molecule has 0 aromatic carbocycles. The summed E-state index contributed by atoms with van der Waals surface area (Å²) in [4.78, 5) is 4.12. The van der Waals surface area contributed by atoms with Gasteiger partial charge >= 0.3 is 0 Å². The molecule has 1 N–H and O–H groups in total. The van der Waals surface area contributed by atoms with Crippen molar-refractivity contribution in [1.29, 1.82) is 0 Å². The Balaban J connectivity index is 2.48. The zero-order valence-electron chi connectivity index (χ0n) is 7.25. The fourth-order valence-electron chi connectivity index (χ4n) is 1.35. The van der Waals surface area contributed by atoms with E-state index in [-0.39, 0.29) is 0 Å². The Labute approximate surface area is 68.4 Å². The van der Waals surface area contributed by atoms with Crippen molar-refractivity contribution in [2.45, 2.75) is 26.3 Å². The summed E-state index contributed by atoms with van der Waals surface area (Å²) in [7, 11) is 0. The second-order valence-electron chi connectivity index (χ2n) is 2.80. The van der Waals surface area contributed by atoms with E-state index in [2.05, 4.69) is 30.2 Å². The maximum atomic E-state index is 4.12. The number of hydrogen-bond acceptors (Lipinski definition) is 2. The van der Waals surface area contributed by atoms with Gasteiger partial charge in [0.1, 0.15) is 0 Å². The molecule has 2 unspecified atom stereocenters. The number of nitrogens with zero attached hydrogens (tertiary/aromatic N) is 1. The highest BCUT2D eigenvalue weighted by Crippen LogP contribution is 2.11. The van der Waals surface area contributed by atoms with Crippen LogP contribution in [-0.2, 0) is 0 Å². The van der Waals surface area contributed by atoms with Gasteiger partial charge in [-0.25, -0.2) is 0 Å². The van der Waals surface area contributed by atoms with Crippen molar-refractivity contribution in [3.05, 3.63) is 12.3 Å². The number of nitrogens with one attached hydrogen (secondary N) is 1. The third-order valence-electron chi connectivity index (χ3n) is 2.03. The third kappa shape index (κ3) is 2.15. The lowest BCUT2D eigenvalue weighted by molar-refractivity contribution is 0.496. The number of hydrogen-bond donors (Lipinski definition) is 1. The first-order valence-electron chi connectivity index (χ1n) is 4.31. The molecule has 0 spiro atoms. The lowest BCUT2D eigenvalue weighted by atomic mass is 9.97. The molecule has 0 aromatic rings. The molecule has 1 aliphatic heterocycles. The molecular weight excluding hydrogens is 136 g/mol. The summed E-state index contributed by atoms with van der Waals surface area (Å²) in [6, 6.07) is 0.502. The molecule has 2 heteroatoms. The minimum absolute atomic E-state index is 0.502. The minimum atomic E-state index is 0.502. The van der Waals surface area contributed by atoms with Gasteiger partial charge in [0.2, 0.25) is 0 Å². The Kier molecular flexibility index (Phi) is 3.30. The lowest BCUT2D eigenvalue weighted by Gasteiger charge is -2.22. The van der Waals surface area contributed by atoms with E-state index in [1.54, 1.807) is 0 Å². The monoisotopic (exact) mass is 152 g/mol. The highest BCUT2D eigenvalue weighted by atomic mass is 14.9. The van der Waals surface area contributed by atoms with Gasteiger partial charge in [-0.15, -0.1) is 0 Å². The first-order chi connectivity index (χ1) is 5.38. The van der Waals surface area contributed by atoms with Gasteiger partial charge in [0.05, 0.1) is 0 Å². The Bertz CT molecular complexity index is 161. The average Bonchev–Trinajstić information content (AvgIpc) is 2.06. The van der Waals surface area contributed by atoms with E-state index >= 15 is 0 Å². The van der Waals surface area contributed by atoms with E-state index in [0.29, 0.717) is 12.0 Å². The van der Waals surface area contributed by atoms with Crippen molar-refractivity contribution in [3.63, 3.8) is 0 Å². The van der Waals surface area contributed by atoms with Crippen LogP contribution in [0.25, 0.3) is 0 Å². The fourth-order valence-corrected chi connectivity index (χ4v) is 1.35. The van der Waals surface area contributed by atoms with Crippen molar-refractivity contribution >= 4 is 6.21 Å². The van der Waals surface area contributed by atoms with Gasteiger partial charge in [-0.05, 0) is 19.0 Å². The van der Waals surface area contributed by atoms with Gasteiger partial charge in [0, 0.05) is 24.4 Å². The van der Waals surface area contributed by atoms with Gasteiger partial charge in [0.25, 0.3) is 0 Å². The second kappa shape index (κ2) is 4.29. The zero-order valence-corrected chi connectivity index (χ0v) is 7.25. The Hall–Kier alpha value is -0.630. The van der Waals surface area contributed by atoms with Crippen molar-refractivity contribution in [1.82, 2.24) is 5.32 Å². The second-order valence-corrected chi connectivity index (χ2v) is 2.80. The van der Waals surface area contributed by atoms with E-state index in [9.17, 15) is 0 Å². The number of likely N-dealkylation sites (N-methyl/N-ethyl adjacent to an activating group) is 1. The molecule has 1 heterocycles. The topological polar surface area (TPSA) is 24.4 Å². The molecular formula is C9H16N2. The van der Waals surface area contributed by atoms with E-state index < -0.39 is 0 Å². The molecule has 0 fully saturated rings. The molecule has 1 aliphatic rings. The normalized spacial score (nSPS) is 29.3. The number of rotatable bonds is 3. The molecule has 1 rings (SSSR count). The summed E-state index contributed by atoms with van der Waals surface area (Å²) in [6.45, 7) is 5.35. The molecule has 0 saturated carbocycles. The van der Waals surface area contributed by atoms with Crippen LogP contribution in [0.5, 0.6) is 0 Å². The molecule has 0 aliphatic carbocycles. The summed E-state index contributed by atoms with van der Waals surface area (Å²) in [5.41, 5.74) is 0. The smallest absolute Gasteiger partial charge is 0.0345 e. The van der Waals surface area contributed by atoms with Crippen LogP contribution in [0.1, 0.15) is 20.3 Å². The van der Waals surface area contributed by atoms with E-state index in [1.165, 1.54) is 0 Å². The third-order valence-corrected chi connectivity index (χ3v) is 2.03. The fraction of sp³-hybridized carbons (Fsp3) is 0.667. The van der Waals surface area contributed by atoms with Gasteiger partial charge < -0.3 is 5.32 Å². The first-order valence-corrected chi connectivity index (χ1v) is 4.31. The lowest BCUT2D eigenvalue weighted by Crippen LogP contribution is -2.36.